The van der Waals surface area contributed by atoms with Gasteiger partial charge < -0.3 is 10.1 Å². The normalized spacial score (nSPS) is 23.1. The minimum atomic E-state index is -0.207. The molecular weight excluding hydrogens is 226 g/mol. The summed E-state index contributed by atoms with van der Waals surface area (Å²) in [5.74, 6) is 0.400. The predicted octanol–water partition coefficient (Wildman–Crippen LogP) is 1.20. The molecular formula is C11H19NO3S. The number of methoxy groups -OCH3 is 1. The molecule has 4 nitrogen and oxygen atoms in total. The van der Waals surface area contributed by atoms with Gasteiger partial charge in [-0.25, -0.2) is 0 Å². The van der Waals surface area contributed by atoms with Gasteiger partial charge in [0.15, 0.2) is 0 Å². The molecule has 1 saturated heterocycles. The van der Waals surface area contributed by atoms with Gasteiger partial charge in [-0.2, -0.15) is 0 Å². The number of hydrogen-bond donors (Lipinski definition) is 1. The maximum atomic E-state index is 11.6. The lowest BCUT2D eigenvalue weighted by atomic mass is 10.2. The largest absolute Gasteiger partial charge is 0.469 e. The van der Waals surface area contributed by atoms with E-state index in [2.05, 4.69) is 10.1 Å². The maximum Gasteiger partial charge on any atom is 0.309 e. The SMILES string of the molecule is COC(=O)C(C)CSC1CCCCNC1=O. The summed E-state index contributed by atoms with van der Waals surface area (Å²) in [6.45, 7) is 2.61. The fourth-order valence-electron chi connectivity index (χ4n) is 1.60. The third kappa shape index (κ3) is 4.04. The molecule has 0 aromatic carbocycles. The van der Waals surface area contributed by atoms with Gasteiger partial charge in [0.2, 0.25) is 5.91 Å². The van der Waals surface area contributed by atoms with E-state index in [0.29, 0.717) is 5.75 Å². The molecule has 1 fully saturated rings. The highest BCUT2D eigenvalue weighted by Gasteiger charge is 2.23. The van der Waals surface area contributed by atoms with Crippen LogP contribution in [0.1, 0.15) is 26.2 Å². The Kier molecular flexibility index (Phi) is 5.66. The fraction of sp³-hybridized carbons (Fsp3) is 0.818. The molecule has 5 heteroatoms. The molecule has 92 valence electrons. The molecule has 0 aromatic rings. The third-order valence-electron chi connectivity index (χ3n) is 2.64. The topological polar surface area (TPSA) is 55.4 Å². The van der Waals surface area contributed by atoms with E-state index in [0.717, 1.165) is 25.8 Å². The minimum Gasteiger partial charge on any atom is -0.469 e. The van der Waals surface area contributed by atoms with Crippen molar-refractivity contribution < 1.29 is 14.3 Å². The highest BCUT2D eigenvalue weighted by atomic mass is 32.2. The number of thioether (sulfide) groups is 1. The molecule has 2 atom stereocenters. The van der Waals surface area contributed by atoms with Crippen LogP contribution in [0.15, 0.2) is 0 Å². The van der Waals surface area contributed by atoms with Crippen molar-refractivity contribution in [2.45, 2.75) is 31.4 Å². The Balaban J connectivity index is 2.35. The van der Waals surface area contributed by atoms with E-state index in [4.69, 9.17) is 0 Å². The van der Waals surface area contributed by atoms with E-state index in [1.165, 1.54) is 7.11 Å². The van der Waals surface area contributed by atoms with Crippen LogP contribution in [0, 0.1) is 5.92 Å². The number of nitrogens with one attached hydrogen (secondary N) is 1. The second-order valence-electron chi connectivity index (χ2n) is 4.03. The van der Waals surface area contributed by atoms with Crippen molar-refractivity contribution in [1.82, 2.24) is 5.32 Å². The molecule has 1 rings (SSSR count). The van der Waals surface area contributed by atoms with Crippen molar-refractivity contribution in [2.24, 2.45) is 5.92 Å². The quantitative estimate of drug-likeness (QED) is 0.756. The first kappa shape index (κ1) is 13.4. The summed E-state index contributed by atoms with van der Waals surface area (Å²) >= 11 is 1.56. The van der Waals surface area contributed by atoms with E-state index in [9.17, 15) is 9.59 Å². The van der Waals surface area contributed by atoms with Crippen LogP contribution in [0.4, 0.5) is 0 Å². The van der Waals surface area contributed by atoms with E-state index in [-0.39, 0.29) is 23.0 Å². The molecule has 16 heavy (non-hydrogen) atoms. The van der Waals surface area contributed by atoms with Crippen LogP contribution >= 0.6 is 11.8 Å². The van der Waals surface area contributed by atoms with E-state index in [1.54, 1.807) is 11.8 Å². The fourth-order valence-corrected chi connectivity index (χ4v) is 2.83. The van der Waals surface area contributed by atoms with Gasteiger partial charge >= 0.3 is 5.97 Å². The van der Waals surface area contributed by atoms with Gasteiger partial charge in [0, 0.05) is 12.3 Å². The second-order valence-corrected chi connectivity index (χ2v) is 5.27. The molecule has 1 aliphatic rings. The molecule has 1 aliphatic heterocycles. The average molecular weight is 245 g/mol. The Labute approximate surface area is 100 Å². The molecule has 2 unspecified atom stereocenters. The van der Waals surface area contributed by atoms with Crippen LogP contribution < -0.4 is 5.32 Å². The summed E-state index contributed by atoms with van der Waals surface area (Å²) < 4.78 is 4.65. The van der Waals surface area contributed by atoms with Crippen molar-refractivity contribution in [3.8, 4) is 0 Å². The van der Waals surface area contributed by atoms with Crippen molar-refractivity contribution >= 4 is 23.6 Å². The summed E-state index contributed by atoms with van der Waals surface area (Å²) in [4.78, 5) is 22.8. The monoisotopic (exact) mass is 245 g/mol. The summed E-state index contributed by atoms with van der Waals surface area (Å²) in [5.41, 5.74) is 0. The molecule has 0 bridgehead atoms. The standard InChI is InChI=1S/C11H19NO3S/c1-8(11(14)15-2)7-16-9-5-3-4-6-12-10(9)13/h8-9H,3-7H2,1-2H3,(H,12,13). The zero-order valence-corrected chi connectivity index (χ0v) is 10.6. The molecule has 0 saturated carbocycles. The lowest BCUT2D eigenvalue weighted by Gasteiger charge is -2.14. The zero-order chi connectivity index (χ0) is 12.0. The minimum absolute atomic E-state index is 0.00499. The molecule has 1 N–H and O–H groups in total. The first-order valence-electron chi connectivity index (χ1n) is 5.62. The Morgan fingerprint density at radius 2 is 2.38 bits per heavy atom. The number of rotatable bonds is 4. The smallest absolute Gasteiger partial charge is 0.309 e. The van der Waals surface area contributed by atoms with Crippen LogP contribution in [0.3, 0.4) is 0 Å². The lowest BCUT2D eigenvalue weighted by molar-refractivity contribution is -0.144. The van der Waals surface area contributed by atoms with Crippen LogP contribution in [-0.2, 0) is 14.3 Å². The van der Waals surface area contributed by atoms with Gasteiger partial charge in [-0.1, -0.05) is 13.3 Å². The highest BCUT2D eigenvalue weighted by Crippen LogP contribution is 2.22. The lowest BCUT2D eigenvalue weighted by Crippen LogP contribution is -2.31. The number of carbonyl (C=O) groups is 2. The Hall–Kier alpha value is -0.710. The molecule has 1 heterocycles. The average Bonchev–Trinajstić information content (AvgIpc) is 2.50. The van der Waals surface area contributed by atoms with Gasteiger partial charge in [-0.05, 0) is 12.8 Å². The summed E-state index contributed by atoms with van der Waals surface area (Å²) in [6.07, 6.45) is 3.03. The number of carbonyl (C=O) groups excluding carboxylic acids is 2. The van der Waals surface area contributed by atoms with Crippen LogP contribution in [-0.4, -0.2) is 36.5 Å². The van der Waals surface area contributed by atoms with Crippen molar-refractivity contribution in [3.63, 3.8) is 0 Å². The van der Waals surface area contributed by atoms with Crippen molar-refractivity contribution in [1.29, 1.82) is 0 Å². The summed E-state index contributed by atoms with van der Waals surface area (Å²) in [5, 5.41) is 2.88. The van der Waals surface area contributed by atoms with Crippen molar-refractivity contribution in [3.05, 3.63) is 0 Å². The Bertz CT molecular complexity index is 258. The van der Waals surface area contributed by atoms with Crippen LogP contribution in [0.2, 0.25) is 0 Å². The van der Waals surface area contributed by atoms with Gasteiger partial charge in [0.1, 0.15) is 0 Å². The van der Waals surface area contributed by atoms with Gasteiger partial charge in [-0.15, -0.1) is 11.8 Å². The van der Waals surface area contributed by atoms with E-state index < -0.39 is 0 Å². The zero-order valence-electron chi connectivity index (χ0n) is 9.82. The highest BCUT2D eigenvalue weighted by molar-refractivity contribution is 8.00. The Morgan fingerprint density at radius 3 is 3.06 bits per heavy atom. The Morgan fingerprint density at radius 1 is 1.62 bits per heavy atom. The van der Waals surface area contributed by atoms with Crippen LogP contribution in [0.25, 0.3) is 0 Å². The molecule has 0 radical (unpaired) electrons. The van der Waals surface area contributed by atoms with Gasteiger partial charge in [0.25, 0.3) is 0 Å². The maximum absolute atomic E-state index is 11.6. The first-order chi connectivity index (χ1) is 7.65. The van der Waals surface area contributed by atoms with Crippen LogP contribution in [0.5, 0.6) is 0 Å². The first-order valence-corrected chi connectivity index (χ1v) is 6.67. The molecule has 1 amide bonds. The molecule has 0 aromatic heterocycles. The van der Waals surface area contributed by atoms with Gasteiger partial charge in [0.05, 0.1) is 18.3 Å². The number of esters is 1. The molecule has 0 spiro atoms. The van der Waals surface area contributed by atoms with Crippen molar-refractivity contribution in [2.75, 3.05) is 19.4 Å². The summed E-state index contributed by atoms with van der Waals surface area (Å²) in [6, 6.07) is 0. The third-order valence-corrected chi connectivity index (χ3v) is 4.18. The number of hydrogen-bond acceptors (Lipinski definition) is 4. The summed E-state index contributed by atoms with van der Waals surface area (Å²) in [7, 11) is 1.39. The van der Waals surface area contributed by atoms with E-state index >= 15 is 0 Å². The van der Waals surface area contributed by atoms with E-state index in [1.807, 2.05) is 6.92 Å². The number of ether oxygens (including phenoxy) is 1. The molecule has 0 aliphatic carbocycles. The van der Waals surface area contributed by atoms with Gasteiger partial charge in [-0.3, -0.25) is 9.59 Å². The predicted molar refractivity (Wildman–Crippen MR) is 64.3 cm³/mol. The second kappa shape index (κ2) is 6.78. The number of amides is 1.